The molecule has 2 atom stereocenters. The first kappa shape index (κ1) is 14.9. The molecule has 2 unspecified atom stereocenters. The number of carbonyl (C=O) groups excluding carboxylic acids is 1. The summed E-state index contributed by atoms with van der Waals surface area (Å²) in [5.74, 6) is -0.337. The number of carbonyl (C=O) groups is 1. The van der Waals surface area contributed by atoms with Crippen LogP contribution in [0.3, 0.4) is 0 Å². The highest BCUT2D eigenvalue weighted by molar-refractivity contribution is 5.95. The van der Waals surface area contributed by atoms with Crippen molar-refractivity contribution in [3.63, 3.8) is 0 Å². The van der Waals surface area contributed by atoms with E-state index in [0.717, 1.165) is 31.4 Å². The molecule has 0 saturated heterocycles. The normalized spacial score (nSPS) is 22.9. The molecule has 0 aromatic heterocycles. The second-order valence-electron chi connectivity index (χ2n) is 5.39. The quantitative estimate of drug-likeness (QED) is 0.681. The number of hydrogen-bond donors (Lipinski definition) is 1. The van der Waals surface area contributed by atoms with Crippen LogP contribution in [-0.4, -0.2) is 37.4 Å². The number of aliphatic hydroxyl groups is 1. The Bertz CT molecular complexity index is 461. The van der Waals surface area contributed by atoms with Gasteiger partial charge in [-0.15, -0.1) is 0 Å². The molecule has 20 heavy (non-hydrogen) atoms. The zero-order chi connectivity index (χ0) is 14.5. The maximum atomic E-state index is 11.9. The van der Waals surface area contributed by atoms with Crippen LogP contribution in [0.4, 0.5) is 5.69 Å². The van der Waals surface area contributed by atoms with Gasteiger partial charge in [0.05, 0.1) is 30.5 Å². The number of benzene rings is 1. The van der Waals surface area contributed by atoms with E-state index in [9.17, 15) is 9.90 Å². The predicted octanol–water partition coefficient (Wildman–Crippen LogP) is 2.60. The lowest BCUT2D eigenvalue weighted by atomic mass is 10.0. The van der Waals surface area contributed by atoms with Gasteiger partial charge in [0, 0.05) is 7.05 Å². The number of para-hydroxylation sites is 1. The highest BCUT2D eigenvalue weighted by Gasteiger charge is 2.27. The molecule has 1 aromatic rings. The minimum Gasteiger partial charge on any atom is -0.465 e. The molecule has 0 amide bonds. The minimum atomic E-state index is -0.340. The largest absolute Gasteiger partial charge is 0.465 e. The van der Waals surface area contributed by atoms with Crippen LogP contribution >= 0.6 is 0 Å². The highest BCUT2D eigenvalue weighted by atomic mass is 16.5. The van der Waals surface area contributed by atoms with Gasteiger partial charge >= 0.3 is 5.97 Å². The van der Waals surface area contributed by atoms with Crippen molar-refractivity contribution in [3.8, 4) is 0 Å². The van der Waals surface area contributed by atoms with E-state index < -0.39 is 0 Å². The van der Waals surface area contributed by atoms with E-state index in [1.807, 2.05) is 30.1 Å². The first-order valence-electron chi connectivity index (χ1n) is 7.23. The summed E-state index contributed by atoms with van der Waals surface area (Å²) in [6.07, 6.45) is 4.80. The van der Waals surface area contributed by atoms with Gasteiger partial charge in [0.25, 0.3) is 0 Å². The number of rotatable bonds is 3. The van der Waals surface area contributed by atoms with E-state index in [4.69, 9.17) is 4.74 Å². The second-order valence-corrected chi connectivity index (χ2v) is 5.39. The van der Waals surface area contributed by atoms with Gasteiger partial charge in [-0.2, -0.15) is 0 Å². The summed E-state index contributed by atoms with van der Waals surface area (Å²) in [7, 11) is 3.33. The van der Waals surface area contributed by atoms with Crippen molar-refractivity contribution in [1.29, 1.82) is 0 Å². The zero-order valence-electron chi connectivity index (χ0n) is 12.2. The minimum absolute atomic E-state index is 0.0586. The molecule has 2 rings (SSSR count). The Kier molecular flexibility index (Phi) is 5.01. The summed E-state index contributed by atoms with van der Waals surface area (Å²) in [6, 6.07) is 7.46. The van der Waals surface area contributed by atoms with Crippen LogP contribution < -0.4 is 4.90 Å². The molecule has 1 saturated carbocycles. The number of ether oxygens (including phenoxy) is 1. The standard InChI is InChI=1S/C16H23NO3/c1-17(14-10-4-3-5-11-15(14)18)13-9-7-6-8-12(13)16(19)20-2/h6-9,14-15,18H,3-5,10-11H2,1-2H3. The molecule has 1 aromatic carbocycles. The van der Waals surface area contributed by atoms with E-state index in [1.54, 1.807) is 6.07 Å². The number of likely N-dealkylation sites (N-methyl/N-ethyl adjacent to an activating group) is 1. The van der Waals surface area contributed by atoms with E-state index in [1.165, 1.54) is 13.5 Å². The van der Waals surface area contributed by atoms with Crippen LogP contribution in [0, 0.1) is 0 Å². The fourth-order valence-electron chi connectivity index (χ4n) is 2.96. The maximum absolute atomic E-state index is 11.9. The lowest BCUT2D eigenvalue weighted by Gasteiger charge is -2.33. The molecule has 0 spiro atoms. The summed E-state index contributed by atoms with van der Waals surface area (Å²) in [6.45, 7) is 0. The van der Waals surface area contributed by atoms with E-state index in [-0.39, 0.29) is 18.1 Å². The van der Waals surface area contributed by atoms with Crippen LogP contribution in [0.2, 0.25) is 0 Å². The van der Waals surface area contributed by atoms with Crippen LogP contribution in [-0.2, 0) is 4.74 Å². The van der Waals surface area contributed by atoms with Gasteiger partial charge in [0.1, 0.15) is 0 Å². The fourth-order valence-corrected chi connectivity index (χ4v) is 2.96. The van der Waals surface area contributed by atoms with Crippen LogP contribution in [0.25, 0.3) is 0 Å². The molecule has 4 heteroatoms. The second kappa shape index (κ2) is 6.75. The van der Waals surface area contributed by atoms with Crippen molar-refractivity contribution in [2.45, 2.75) is 44.2 Å². The monoisotopic (exact) mass is 277 g/mol. The predicted molar refractivity (Wildman–Crippen MR) is 79.1 cm³/mol. The first-order chi connectivity index (χ1) is 9.65. The molecule has 4 nitrogen and oxygen atoms in total. The summed E-state index contributed by atoms with van der Waals surface area (Å²) in [5.41, 5.74) is 1.37. The van der Waals surface area contributed by atoms with E-state index >= 15 is 0 Å². The van der Waals surface area contributed by atoms with E-state index in [2.05, 4.69) is 0 Å². The molecule has 110 valence electrons. The third kappa shape index (κ3) is 3.12. The highest BCUT2D eigenvalue weighted by Crippen LogP contribution is 2.28. The van der Waals surface area contributed by atoms with Crippen LogP contribution in [0.15, 0.2) is 24.3 Å². The maximum Gasteiger partial charge on any atom is 0.339 e. The van der Waals surface area contributed by atoms with Gasteiger partial charge < -0.3 is 14.7 Å². The summed E-state index contributed by atoms with van der Waals surface area (Å²) < 4.78 is 4.84. The van der Waals surface area contributed by atoms with Crippen molar-refractivity contribution < 1.29 is 14.6 Å². The number of esters is 1. The van der Waals surface area contributed by atoms with Crippen molar-refractivity contribution in [2.75, 3.05) is 19.1 Å². The molecule has 0 bridgehead atoms. The average molecular weight is 277 g/mol. The van der Waals surface area contributed by atoms with Crippen LogP contribution in [0.5, 0.6) is 0 Å². The summed E-state index contributed by atoms with van der Waals surface area (Å²) in [5, 5.41) is 10.3. The molecular formula is C16H23NO3. The number of anilines is 1. The molecular weight excluding hydrogens is 254 g/mol. The molecule has 0 radical (unpaired) electrons. The van der Waals surface area contributed by atoms with Gasteiger partial charge in [-0.1, -0.05) is 31.4 Å². The molecule has 0 heterocycles. The van der Waals surface area contributed by atoms with E-state index in [0.29, 0.717) is 5.56 Å². The first-order valence-corrected chi connectivity index (χ1v) is 7.23. The lowest BCUT2D eigenvalue weighted by Crippen LogP contribution is -2.41. The number of methoxy groups -OCH3 is 1. The average Bonchev–Trinajstić information content (AvgIpc) is 2.70. The third-order valence-electron chi connectivity index (χ3n) is 4.13. The third-order valence-corrected chi connectivity index (χ3v) is 4.13. The molecule has 1 fully saturated rings. The SMILES string of the molecule is COC(=O)c1ccccc1N(C)C1CCCCCC1O. The number of nitrogens with zero attached hydrogens (tertiary/aromatic N) is 1. The Morgan fingerprint density at radius 2 is 1.95 bits per heavy atom. The van der Waals surface area contributed by atoms with Crippen molar-refractivity contribution >= 4 is 11.7 Å². The van der Waals surface area contributed by atoms with Crippen molar-refractivity contribution in [3.05, 3.63) is 29.8 Å². The van der Waals surface area contributed by atoms with Gasteiger partial charge in [0.15, 0.2) is 0 Å². The lowest BCUT2D eigenvalue weighted by molar-refractivity contribution is 0.0600. The number of hydrogen-bond acceptors (Lipinski definition) is 4. The molecule has 0 aliphatic heterocycles. The Hall–Kier alpha value is -1.55. The Morgan fingerprint density at radius 3 is 2.70 bits per heavy atom. The molecule has 1 N–H and O–H groups in total. The summed E-state index contributed by atoms with van der Waals surface area (Å²) in [4.78, 5) is 13.9. The molecule has 1 aliphatic carbocycles. The fraction of sp³-hybridized carbons (Fsp3) is 0.562. The van der Waals surface area contributed by atoms with Crippen molar-refractivity contribution in [1.82, 2.24) is 0 Å². The van der Waals surface area contributed by atoms with Crippen LogP contribution in [0.1, 0.15) is 42.5 Å². The Balaban J connectivity index is 2.27. The number of aliphatic hydroxyl groups excluding tert-OH is 1. The smallest absolute Gasteiger partial charge is 0.339 e. The Labute approximate surface area is 120 Å². The van der Waals surface area contributed by atoms with Gasteiger partial charge in [0.2, 0.25) is 0 Å². The Morgan fingerprint density at radius 1 is 1.25 bits per heavy atom. The van der Waals surface area contributed by atoms with Crippen molar-refractivity contribution in [2.24, 2.45) is 0 Å². The van der Waals surface area contributed by atoms with Gasteiger partial charge in [-0.25, -0.2) is 4.79 Å². The topological polar surface area (TPSA) is 49.8 Å². The van der Waals surface area contributed by atoms with Gasteiger partial charge in [-0.3, -0.25) is 0 Å². The summed E-state index contributed by atoms with van der Waals surface area (Å²) >= 11 is 0. The molecule has 1 aliphatic rings. The van der Waals surface area contributed by atoms with Gasteiger partial charge in [-0.05, 0) is 25.0 Å². The zero-order valence-corrected chi connectivity index (χ0v) is 12.2.